The predicted molar refractivity (Wildman–Crippen MR) is 82.2 cm³/mol. The van der Waals surface area contributed by atoms with Crippen molar-refractivity contribution in [3.63, 3.8) is 0 Å². The molecule has 0 aromatic heterocycles. The van der Waals surface area contributed by atoms with Gasteiger partial charge in [-0.05, 0) is 44.2 Å². The lowest BCUT2D eigenvalue weighted by Gasteiger charge is -2.28. The van der Waals surface area contributed by atoms with Crippen molar-refractivity contribution in [1.29, 1.82) is 0 Å². The molecule has 1 fully saturated rings. The van der Waals surface area contributed by atoms with Gasteiger partial charge in [0.25, 0.3) is 0 Å². The summed E-state index contributed by atoms with van der Waals surface area (Å²) in [6, 6.07) is 6.88. The summed E-state index contributed by atoms with van der Waals surface area (Å²) in [5, 5.41) is 3.60. The predicted octanol–water partition coefficient (Wildman–Crippen LogP) is 1.93. The SMILES string of the molecule is Cc1ccc2c(c1)CC(CNC1CCC(C(N)=O)CC1)O2. The molecule has 3 N–H and O–H groups in total. The van der Waals surface area contributed by atoms with Gasteiger partial charge in [0.2, 0.25) is 5.91 Å². The van der Waals surface area contributed by atoms with Crippen molar-refractivity contribution in [2.45, 2.75) is 51.2 Å². The summed E-state index contributed by atoms with van der Waals surface area (Å²) in [6.07, 6.45) is 5.12. The third-order valence-corrected chi connectivity index (χ3v) is 4.72. The van der Waals surface area contributed by atoms with Gasteiger partial charge in [0.05, 0.1) is 0 Å². The van der Waals surface area contributed by atoms with Crippen LogP contribution in [-0.2, 0) is 11.2 Å². The molecule has 4 nitrogen and oxygen atoms in total. The van der Waals surface area contributed by atoms with Crippen LogP contribution in [0.2, 0.25) is 0 Å². The molecule has 1 aromatic rings. The molecule has 0 spiro atoms. The Morgan fingerprint density at radius 2 is 2.10 bits per heavy atom. The minimum absolute atomic E-state index is 0.0815. The minimum atomic E-state index is -0.140. The Labute approximate surface area is 126 Å². The molecule has 1 aromatic carbocycles. The number of aryl methyl sites for hydroxylation is 1. The fourth-order valence-corrected chi connectivity index (χ4v) is 3.44. The van der Waals surface area contributed by atoms with Crippen LogP contribution in [0.1, 0.15) is 36.8 Å². The van der Waals surface area contributed by atoms with Crippen LogP contribution in [0.4, 0.5) is 0 Å². The molecule has 114 valence electrons. The molecule has 1 heterocycles. The van der Waals surface area contributed by atoms with Crippen LogP contribution in [-0.4, -0.2) is 24.6 Å². The zero-order chi connectivity index (χ0) is 14.8. The number of ether oxygens (including phenoxy) is 1. The van der Waals surface area contributed by atoms with Crippen LogP contribution in [0.3, 0.4) is 0 Å². The summed E-state index contributed by atoms with van der Waals surface area (Å²) in [7, 11) is 0. The number of rotatable bonds is 4. The normalized spacial score (nSPS) is 28.0. The number of nitrogens with two attached hydrogens (primary N) is 1. The molecule has 1 saturated carbocycles. The van der Waals surface area contributed by atoms with Gasteiger partial charge in [-0.3, -0.25) is 4.79 Å². The summed E-state index contributed by atoms with van der Waals surface area (Å²) in [5.74, 6) is 0.973. The van der Waals surface area contributed by atoms with Gasteiger partial charge in [-0.2, -0.15) is 0 Å². The summed E-state index contributed by atoms with van der Waals surface area (Å²) in [5.41, 5.74) is 7.97. The molecule has 2 aliphatic rings. The molecule has 1 atom stereocenters. The number of carbonyl (C=O) groups excluding carboxylic acids is 1. The Morgan fingerprint density at radius 3 is 2.81 bits per heavy atom. The number of hydrogen-bond donors (Lipinski definition) is 2. The Morgan fingerprint density at radius 1 is 1.33 bits per heavy atom. The molecule has 1 aliphatic heterocycles. The molecule has 0 bridgehead atoms. The number of benzene rings is 1. The second kappa shape index (κ2) is 6.06. The fraction of sp³-hybridized carbons (Fsp3) is 0.588. The second-order valence-corrected chi connectivity index (χ2v) is 6.41. The van der Waals surface area contributed by atoms with E-state index in [4.69, 9.17) is 10.5 Å². The third-order valence-electron chi connectivity index (χ3n) is 4.72. The molecule has 0 radical (unpaired) electrons. The van der Waals surface area contributed by atoms with Crippen LogP contribution in [0, 0.1) is 12.8 Å². The first-order chi connectivity index (χ1) is 10.1. The number of hydrogen-bond acceptors (Lipinski definition) is 3. The van der Waals surface area contributed by atoms with Crippen molar-refractivity contribution >= 4 is 5.91 Å². The van der Waals surface area contributed by atoms with E-state index < -0.39 is 0 Å². The standard InChI is InChI=1S/C17H24N2O2/c1-11-2-7-16-13(8-11)9-15(21-16)10-19-14-5-3-12(4-6-14)17(18)20/h2,7-8,12,14-15,19H,3-6,9-10H2,1H3,(H2,18,20). The number of primary amides is 1. The molecule has 4 heteroatoms. The fourth-order valence-electron chi connectivity index (χ4n) is 3.44. The van der Waals surface area contributed by atoms with E-state index in [1.807, 2.05) is 0 Å². The summed E-state index contributed by atoms with van der Waals surface area (Å²) in [6.45, 7) is 2.99. The van der Waals surface area contributed by atoms with Crippen LogP contribution < -0.4 is 15.8 Å². The average molecular weight is 288 g/mol. The van der Waals surface area contributed by atoms with Gasteiger partial charge >= 0.3 is 0 Å². The zero-order valence-corrected chi connectivity index (χ0v) is 12.6. The maximum absolute atomic E-state index is 11.2. The quantitative estimate of drug-likeness (QED) is 0.890. The average Bonchev–Trinajstić information content (AvgIpc) is 2.87. The van der Waals surface area contributed by atoms with Gasteiger partial charge in [0.15, 0.2) is 0 Å². The van der Waals surface area contributed by atoms with Crippen molar-refractivity contribution < 1.29 is 9.53 Å². The van der Waals surface area contributed by atoms with Crippen molar-refractivity contribution in [3.05, 3.63) is 29.3 Å². The molecule has 3 rings (SSSR count). The molecule has 0 saturated heterocycles. The number of nitrogens with one attached hydrogen (secondary N) is 1. The topological polar surface area (TPSA) is 64.3 Å². The lowest BCUT2D eigenvalue weighted by Crippen LogP contribution is -2.41. The monoisotopic (exact) mass is 288 g/mol. The highest BCUT2D eigenvalue weighted by Gasteiger charge is 2.27. The summed E-state index contributed by atoms with van der Waals surface area (Å²) >= 11 is 0. The first-order valence-corrected chi connectivity index (χ1v) is 7.90. The van der Waals surface area contributed by atoms with E-state index >= 15 is 0 Å². The van der Waals surface area contributed by atoms with E-state index in [0.717, 1.165) is 44.4 Å². The van der Waals surface area contributed by atoms with Crippen LogP contribution in [0.15, 0.2) is 18.2 Å². The van der Waals surface area contributed by atoms with Crippen LogP contribution >= 0.6 is 0 Å². The van der Waals surface area contributed by atoms with Crippen LogP contribution in [0.25, 0.3) is 0 Å². The Hall–Kier alpha value is -1.55. The van der Waals surface area contributed by atoms with E-state index in [1.54, 1.807) is 0 Å². The number of amides is 1. The van der Waals surface area contributed by atoms with Gasteiger partial charge in [-0.15, -0.1) is 0 Å². The van der Waals surface area contributed by atoms with E-state index in [0.29, 0.717) is 6.04 Å². The first-order valence-electron chi connectivity index (χ1n) is 7.90. The van der Waals surface area contributed by atoms with E-state index in [-0.39, 0.29) is 17.9 Å². The second-order valence-electron chi connectivity index (χ2n) is 6.41. The van der Waals surface area contributed by atoms with Gasteiger partial charge in [0.1, 0.15) is 11.9 Å². The highest BCUT2D eigenvalue weighted by Crippen LogP contribution is 2.29. The van der Waals surface area contributed by atoms with Crippen LogP contribution in [0.5, 0.6) is 5.75 Å². The Kier molecular flexibility index (Phi) is 4.15. The molecule has 21 heavy (non-hydrogen) atoms. The van der Waals surface area contributed by atoms with Gasteiger partial charge in [-0.25, -0.2) is 0 Å². The number of fused-ring (bicyclic) bond motifs is 1. The van der Waals surface area contributed by atoms with Crippen molar-refractivity contribution in [2.24, 2.45) is 11.7 Å². The van der Waals surface area contributed by atoms with E-state index in [9.17, 15) is 4.79 Å². The van der Waals surface area contributed by atoms with E-state index in [2.05, 4.69) is 30.4 Å². The minimum Gasteiger partial charge on any atom is -0.488 e. The first kappa shape index (κ1) is 14.4. The highest BCUT2D eigenvalue weighted by atomic mass is 16.5. The van der Waals surface area contributed by atoms with Gasteiger partial charge in [0, 0.05) is 24.9 Å². The summed E-state index contributed by atoms with van der Waals surface area (Å²) < 4.78 is 5.98. The molecule has 1 amide bonds. The molecular formula is C17H24N2O2. The Balaban J connectivity index is 1.44. The number of carbonyl (C=O) groups is 1. The van der Waals surface area contributed by atoms with Crippen molar-refractivity contribution in [2.75, 3.05) is 6.54 Å². The highest BCUT2D eigenvalue weighted by molar-refractivity contribution is 5.76. The van der Waals surface area contributed by atoms with Gasteiger partial charge < -0.3 is 15.8 Å². The van der Waals surface area contributed by atoms with E-state index in [1.165, 1.54) is 11.1 Å². The third kappa shape index (κ3) is 3.38. The Bertz CT molecular complexity index is 522. The summed E-state index contributed by atoms with van der Waals surface area (Å²) in [4.78, 5) is 11.2. The zero-order valence-electron chi connectivity index (χ0n) is 12.6. The smallest absolute Gasteiger partial charge is 0.220 e. The largest absolute Gasteiger partial charge is 0.488 e. The maximum Gasteiger partial charge on any atom is 0.220 e. The van der Waals surface area contributed by atoms with Gasteiger partial charge in [-0.1, -0.05) is 17.7 Å². The lowest BCUT2D eigenvalue weighted by molar-refractivity contribution is -0.122. The molecule has 1 unspecified atom stereocenters. The van der Waals surface area contributed by atoms with Crippen molar-refractivity contribution in [1.82, 2.24) is 5.32 Å². The molecular weight excluding hydrogens is 264 g/mol. The lowest BCUT2D eigenvalue weighted by atomic mass is 9.85. The van der Waals surface area contributed by atoms with Crippen molar-refractivity contribution in [3.8, 4) is 5.75 Å². The molecule has 1 aliphatic carbocycles. The maximum atomic E-state index is 11.2.